The van der Waals surface area contributed by atoms with Crippen molar-refractivity contribution in [1.82, 2.24) is 4.98 Å². The molecule has 0 saturated heterocycles. The summed E-state index contributed by atoms with van der Waals surface area (Å²) in [5.41, 5.74) is -0.878. The molecule has 2 atom stereocenters. The Kier molecular flexibility index (Phi) is 7.07. The highest BCUT2D eigenvalue weighted by molar-refractivity contribution is 5.86. The lowest BCUT2D eigenvalue weighted by Gasteiger charge is -2.29. The maximum Gasteiger partial charge on any atom is 0.339 e. The van der Waals surface area contributed by atoms with Crippen molar-refractivity contribution in [1.29, 1.82) is 0 Å². The molecule has 7 heteroatoms. The number of rotatable bonds is 9. The smallest absolute Gasteiger partial charge is 0.339 e. The van der Waals surface area contributed by atoms with Gasteiger partial charge in [0.1, 0.15) is 0 Å². The molecule has 1 aromatic heterocycles. The molecule has 2 N–H and O–H groups in total. The summed E-state index contributed by atoms with van der Waals surface area (Å²) in [6.07, 6.45) is 1.82. The molecule has 1 unspecified atom stereocenters. The van der Waals surface area contributed by atoms with Crippen LogP contribution < -0.4 is 0 Å². The van der Waals surface area contributed by atoms with Crippen molar-refractivity contribution in [2.45, 2.75) is 39.0 Å². The summed E-state index contributed by atoms with van der Waals surface area (Å²) in [4.78, 5) is 28.9. The molecule has 1 aromatic rings. The highest BCUT2D eigenvalue weighted by Gasteiger charge is 2.47. The number of hydrogen-bond donors (Lipinski definition) is 2. The molecule has 118 valence electrons. The summed E-state index contributed by atoms with van der Waals surface area (Å²) in [6.45, 7) is 5.51. The zero-order valence-electron chi connectivity index (χ0n) is 12.5. The molecule has 0 aliphatic carbocycles. The van der Waals surface area contributed by atoms with E-state index in [-0.39, 0.29) is 19.6 Å². The van der Waals surface area contributed by atoms with Crippen molar-refractivity contribution in [2.24, 2.45) is 4.99 Å². The van der Waals surface area contributed by atoms with Crippen LogP contribution in [0.25, 0.3) is 0 Å². The van der Waals surface area contributed by atoms with Gasteiger partial charge in [-0.2, -0.15) is 0 Å². The minimum Gasteiger partial charge on any atom is -0.464 e. The zero-order chi connectivity index (χ0) is 15.7. The predicted octanol–water partition coefficient (Wildman–Crippen LogP) is 1.43. The third-order valence-electron chi connectivity index (χ3n) is 2.91. The first-order chi connectivity index (χ1) is 10.1. The number of ether oxygens (including phenoxy) is 1. The predicted molar refractivity (Wildman–Crippen MR) is 76.8 cm³/mol. The van der Waals surface area contributed by atoms with Crippen molar-refractivity contribution in [3.63, 3.8) is 0 Å². The van der Waals surface area contributed by atoms with Crippen LogP contribution in [0.4, 0.5) is 0 Å². The number of carbonyl (C=O) groups is 1. The molecule has 0 amide bonds. The van der Waals surface area contributed by atoms with Crippen molar-refractivity contribution in [2.75, 3.05) is 13.2 Å². The van der Waals surface area contributed by atoms with Crippen LogP contribution in [0.5, 0.6) is 0 Å². The van der Waals surface area contributed by atoms with E-state index in [1.165, 1.54) is 6.21 Å². The third-order valence-corrected chi connectivity index (χ3v) is 2.91. The molecule has 7 nitrogen and oxygen atoms in total. The molecular formula is C14H22N2O5. The topological polar surface area (TPSA) is 93.1 Å². The van der Waals surface area contributed by atoms with Gasteiger partial charge in [-0.1, -0.05) is 6.92 Å². The van der Waals surface area contributed by atoms with E-state index >= 15 is 0 Å². The number of aromatic nitrogens is 1. The fourth-order valence-electron chi connectivity index (χ4n) is 1.70. The van der Waals surface area contributed by atoms with Gasteiger partial charge in [0, 0.05) is 12.4 Å². The number of H-pyrrole nitrogens is 1. The van der Waals surface area contributed by atoms with E-state index < -0.39 is 17.8 Å². The number of aliphatic imine (C=N–C) groups is 1. The highest BCUT2D eigenvalue weighted by atomic mass is 17.2. The average Bonchev–Trinajstić information content (AvgIpc) is 2.99. The fourth-order valence-corrected chi connectivity index (χ4v) is 1.70. The van der Waals surface area contributed by atoms with E-state index in [1.54, 1.807) is 39.1 Å². The van der Waals surface area contributed by atoms with Crippen molar-refractivity contribution in [3.8, 4) is 0 Å². The van der Waals surface area contributed by atoms with Gasteiger partial charge in [0.05, 0.1) is 18.9 Å². The Hall–Kier alpha value is -1.70. The van der Waals surface area contributed by atoms with E-state index in [2.05, 4.69) is 9.98 Å². The van der Waals surface area contributed by atoms with E-state index in [9.17, 15) is 9.90 Å². The number of aromatic amines is 1. The summed E-state index contributed by atoms with van der Waals surface area (Å²) >= 11 is 0. The van der Waals surface area contributed by atoms with Crippen molar-refractivity contribution >= 4 is 12.2 Å². The lowest BCUT2D eigenvalue weighted by molar-refractivity contribution is -0.378. The number of aliphatic hydroxyl groups excluding tert-OH is 1. The number of carbonyl (C=O) groups excluding carboxylic acids is 1. The number of nitrogens with one attached hydrogen (secondary N) is 1. The lowest BCUT2D eigenvalue weighted by atomic mass is 9.96. The molecule has 0 bridgehead atoms. The molecule has 0 aliphatic rings. The Balaban J connectivity index is 3.03. The molecule has 0 saturated carbocycles. The SMILES string of the molecule is CCOOC(O)[C@](CC)(N=Cc1ccc[nH]1)C(=O)OCC. The number of aliphatic hydroxyl groups is 1. The molecule has 1 heterocycles. The molecule has 1 rings (SSSR count). The summed E-state index contributed by atoms with van der Waals surface area (Å²) in [6, 6.07) is 3.58. The molecule has 0 aliphatic heterocycles. The lowest BCUT2D eigenvalue weighted by Crippen LogP contribution is -2.50. The normalized spacial score (nSPS) is 15.8. The first kappa shape index (κ1) is 17.4. The molecule has 0 spiro atoms. The van der Waals surface area contributed by atoms with Gasteiger partial charge >= 0.3 is 5.97 Å². The Morgan fingerprint density at radius 1 is 1.48 bits per heavy atom. The second kappa shape index (κ2) is 8.56. The Morgan fingerprint density at radius 3 is 2.76 bits per heavy atom. The van der Waals surface area contributed by atoms with Gasteiger partial charge in [0.15, 0.2) is 0 Å². The van der Waals surface area contributed by atoms with Crippen LogP contribution in [0.1, 0.15) is 32.9 Å². The standard InChI is InChI=1S/C14H22N2O5/c1-4-14(12(17)19-5-2,13(18)21-20-6-3)16-10-11-8-7-9-15-11/h7-10,13,15,18H,4-6H2,1-3H3/t13?,14-/m1/s1. The van der Waals surface area contributed by atoms with E-state index in [0.717, 1.165) is 0 Å². The third kappa shape index (κ3) is 4.38. The molecule has 0 radical (unpaired) electrons. The zero-order valence-corrected chi connectivity index (χ0v) is 12.5. The number of esters is 1. The van der Waals surface area contributed by atoms with Crippen LogP contribution in [-0.4, -0.2) is 47.3 Å². The van der Waals surface area contributed by atoms with Gasteiger partial charge in [-0.15, -0.1) is 0 Å². The van der Waals surface area contributed by atoms with Crippen LogP contribution in [0, 0.1) is 0 Å². The van der Waals surface area contributed by atoms with Crippen molar-refractivity contribution in [3.05, 3.63) is 24.0 Å². The van der Waals surface area contributed by atoms with Gasteiger partial charge in [0.25, 0.3) is 0 Å². The molecule has 0 aromatic carbocycles. The Morgan fingerprint density at radius 2 is 2.24 bits per heavy atom. The van der Waals surface area contributed by atoms with Gasteiger partial charge in [-0.25, -0.2) is 14.6 Å². The fraction of sp³-hybridized carbons (Fsp3) is 0.571. The largest absolute Gasteiger partial charge is 0.464 e. The summed E-state index contributed by atoms with van der Waals surface area (Å²) in [5.74, 6) is -0.664. The Bertz CT molecular complexity index is 446. The summed E-state index contributed by atoms with van der Waals surface area (Å²) in [7, 11) is 0. The first-order valence-electron chi connectivity index (χ1n) is 6.92. The second-order valence-electron chi connectivity index (χ2n) is 4.24. The maximum absolute atomic E-state index is 12.2. The van der Waals surface area contributed by atoms with E-state index in [1.807, 2.05) is 0 Å². The summed E-state index contributed by atoms with van der Waals surface area (Å²) in [5, 5.41) is 10.1. The number of hydrogen-bond acceptors (Lipinski definition) is 6. The van der Waals surface area contributed by atoms with E-state index in [4.69, 9.17) is 14.5 Å². The quantitative estimate of drug-likeness (QED) is 0.236. The van der Waals surface area contributed by atoms with Crippen LogP contribution in [0.2, 0.25) is 0 Å². The van der Waals surface area contributed by atoms with Crippen LogP contribution in [-0.2, 0) is 19.3 Å². The molecule has 21 heavy (non-hydrogen) atoms. The van der Waals surface area contributed by atoms with Gasteiger partial charge in [0.2, 0.25) is 11.8 Å². The molecular weight excluding hydrogens is 276 g/mol. The van der Waals surface area contributed by atoms with Crippen LogP contribution in [0.15, 0.2) is 23.3 Å². The van der Waals surface area contributed by atoms with Crippen LogP contribution >= 0.6 is 0 Å². The summed E-state index contributed by atoms with van der Waals surface area (Å²) < 4.78 is 5.01. The Labute approximate surface area is 123 Å². The van der Waals surface area contributed by atoms with Crippen LogP contribution in [0.3, 0.4) is 0 Å². The minimum absolute atomic E-state index is 0.181. The maximum atomic E-state index is 12.2. The second-order valence-corrected chi connectivity index (χ2v) is 4.24. The first-order valence-corrected chi connectivity index (χ1v) is 6.92. The van der Waals surface area contributed by atoms with Gasteiger partial charge in [-0.3, -0.25) is 4.99 Å². The average molecular weight is 298 g/mol. The monoisotopic (exact) mass is 298 g/mol. The van der Waals surface area contributed by atoms with Gasteiger partial charge in [-0.05, 0) is 32.4 Å². The highest BCUT2D eigenvalue weighted by Crippen LogP contribution is 2.24. The molecule has 0 fully saturated rings. The van der Waals surface area contributed by atoms with E-state index in [0.29, 0.717) is 5.69 Å². The van der Waals surface area contributed by atoms with Crippen molar-refractivity contribution < 1.29 is 24.4 Å². The van der Waals surface area contributed by atoms with Gasteiger partial charge < -0.3 is 14.8 Å². The number of nitrogens with zero attached hydrogens (tertiary/aromatic N) is 1. The minimum atomic E-state index is -1.57.